The van der Waals surface area contributed by atoms with Crippen LogP contribution in [0.15, 0.2) is 30.3 Å². The topological polar surface area (TPSA) is 70.8 Å². The molecule has 0 aromatic heterocycles. The second kappa shape index (κ2) is 9.44. The van der Waals surface area contributed by atoms with Gasteiger partial charge in [0, 0.05) is 13.2 Å². The highest BCUT2D eigenvalue weighted by Gasteiger charge is 1.95. The summed E-state index contributed by atoms with van der Waals surface area (Å²) in [5.41, 5.74) is 4.92. The normalized spacial score (nSPS) is 10.2. The summed E-state index contributed by atoms with van der Waals surface area (Å²) in [5, 5.41) is 0. The maximum atomic E-state index is 10.4. The minimum absolute atomic E-state index is 0.0306. The lowest BCUT2D eigenvalue weighted by Crippen LogP contribution is -2.18. The fourth-order valence-corrected chi connectivity index (χ4v) is 1.27. The van der Waals surface area contributed by atoms with Gasteiger partial charge in [-0.25, -0.2) is 0 Å². The van der Waals surface area contributed by atoms with Crippen LogP contribution in [-0.2, 0) is 14.3 Å². The molecule has 5 nitrogen and oxygen atoms in total. The van der Waals surface area contributed by atoms with Gasteiger partial charge in [0.05, 0.1) is 6.61 Å². The SMILES string of the molecule is NC(=O)COCCCOCCOc1ccccc1. The Morgan fingerprint density at radius 1 is 1.00 bits per heavy atom. The lowest BCUT2D eigenvalue weighted by Gasteiger charge is -2.07. The van der Waals surface area contributed by atoms with Crippen LogP contribution in [0.5, 0.6) is 5.75 Å². The Kier molecular flexibility index (Phi) is 7.59. The van der Waals surface area contributed by atoms with Gasteiger partial charge in [0.25, 0.3) is 0 Å². The molecule has 1 aromatic carbocycles. The Morgan fingerprint density at radius 3 is 2.44 bits per heavy atom. The van der Waals surface area contributed by atoms with E-state index in [9.17, 15) is 4.79 Å². The number of hydrogen-bond acceptors (Lipinski definition) is 4. The van der Waals surface area contributed by atoms with E-state index < -0.39 is 5.91 Å². The average molecular weight is 253 g/mol. The minimum atomic E-state index is -0.452. The van der Waals surface area contributed by atoms with Gasteiger partial charge in [-0.2, -0.15) is 0 Å². The van der Waals surface area contributed by atoms with E-state index in [-0.39, 0.29) is 6.61 Å². The predicted octanol–water partition coefficient (Wildman–Crippen LogP) is 0.974. The van der Waals surface area contributed by atoms with Gasteiger partial charge in [0.2, 0.25) is 5.91 Å². The van der Waals surface area contributed by atoms with Crippen molar-refractivity contribution in [2.24, 2.45) is 5.73 Å². The molecule has 0 heterocycles. The molecule has 100 valence electrons. The molecule has 0 aliphatic rings. The first kappa shape index (κ1) is 14.5. The zero-order valence-electron chi connectivity index (χ0n) is 10.3. The molecule has 0 unspecified atom stereocenters. The van der Waals surface area contributed by atoms with E-state index in [0.717, 1.165) is 12.2 Å². The van der Waals surface area contributed by atoms with Crippen LogP contribution in [-0.4, -0.2) is 38.9 Å². The molecule has 1 aromatic rings. The highest BCUT2D eigenvalue weighted by molar-refractivity contribution is 5.74. The quantitative estimate of drug-likeness (QED) is 0.631. The van der Waals surface area contributed by atoms with Gasteiger partial charge in [0.1, 0.15) is 19.0 Å². The summed E-state index contributed by atoms with van der Waals surface area (Å²) in [6.45, 7) is 2.08. The fourth-order valence-electron chi connectivity index (χ4n) is 1.27. The van der Waals surface area contributed by atoms with E-state index in [1.54, 1.807) is 0 Å². The monoisotopic (exact) mass is 253 g/mol. The van der Waals surface area contributed by atoms with Gasteiger partial charge in [-0.1, -0.05) is 18.2 Å². The number of carbonyl (C=O) groups is 1. The van der Waals surface area contributed by atoms with Gasteiger partial charge in [-0.05, 0) is 18.6 Å². The van der Waals surface area contributed by atoms with Crippen molar-refractivity contribution in [2.75, 3.05) is 33.0 Å². The van der Waals surface area contributed by atoms with E-state index >= 15 is 0 Å². The summed E-state index contributed by atoms with van der Waals surface area (Å²) >= 11 is 0. The molecule has 0 atom stereocenters. The van der Waals surface area contributed by atoms with Gasteiger partial charge >= 0.3 is 0 Å². The first-order valence-electron chi connectivity index (χ1n) is 5.90. The molecule has 18 heavy (non-hydrogen) atoms. The Labute approximate surface area is 107 Å². The summed E-state index contributed by atoms with van der Waals surface area (Å²) < 4.78 is 15.8. The lowest BCUT2D eigenvalue weighted by molar-refractivity contribution is -0.122. The Balaban J connectivity index is 1.86. The third kappa shape index (κ3) is 7.65. The molecule has 2 N–H and O–H groups in total. The summed E-state index contributed by atoms with van der Waals surface area (Å²) in [6, 6.07) is 9.59. The molecule has 0 spiro atoms. The van der Waals surface area contributed by atoms with E-state index in [1.807, 2.05) is 30.3 Å². The van der Waals surface area contributed by atoms with Crippen LogP contribution in [0.25, 0.3) is 0 Å². The molecular weight excluding hydrogens is 234 g/mol. The zero-order valence-corrected chi connectivity index (χ0v) is 10.3. The van der Waals surface area contributed by atoms with Crippen LogP contribution in [0.3, 0.4) is 0 Å². The number of primary amides is 1. The van der Waals surface area contributed by atoms with Crippen molar-refractivity contribution in [3.63, 3.8) is 0 Å². The number of benzene rings is 1. The van der Waals surface area contributed by atoms with Crippen LogP contribution in [0.2, 0.25) is 0 Å². The zero-order chi connectivity index (χ0) is 13.1. The second-order valence-corrected chi connectivity index (χ2v) is 3.65. The van der Waals surface area contributed by atoms with E-state index in [0.29, 0.717) is 26.4 Å². The number of ether oxygens (including phenoxy) is 3. The first-order chi connectivity index (χ1) is 8.79. The molecule has 0 saturated carbocycles. The molecule has 0 aliphatic carbocycles. The first-order valence-corrected chi connectivity index (χ1v) is 5.90. The van der Waals surface area contributed by atoms with Crippen molar-refractivity contribution in [1.82, 2.24) is 0 Å². The van der Waals surface area contributed by atoms with Crippen molar-refractivity contribution in [3.8, 4) is 5.75 Å². The lowest BCUT2D eigenvalue weighted by atomic mass is 10.3. The molecule has 0 saturated heterocycles. The van der Waals surface area contributed by atoms with Crippen LogP contribution in [0.4, 0.5) is 0 Å². The third-order valence-electron chi connectivity index (χ3n) is 2.06. The maximum absolute atomic E-state index is 10.4. The molecule has 5 heteroatoms. The van der Waals surface area contributed by atoms with Gasteiger partial charge < -0.3 is 19.9 Å². The second-order valence-electron chi connectivity index (χ2n) is 3.65. The minimum Gasteiger partial charge on any atom is -0.491 e. The number of hydrogen-bond donors (Lipinski definition) is 1. The highest BCUT2D eigenvalue weighted by atomic mass is 16.5. The van der Waals surface area contributed by atoms with E-state index in [2.05, 4.69) is 0 Å². The predicted molar refractivity (Wildman–Crippen MR) is 67.4 cm³/mol. The van der Waals surface area contributed by atoms with Crippen molar-refractivity contribution in [2.45, 2.75) is 6.42 Å². The average Bonchev–Trinajstić information content (AvgIpc) is 2.37. The Hall–Kier alpha value is -1.59. The molecule has 0 fully saturated rings. The summed E-state index contributed by atoms with van der Waals surface area (Å²) in [4.78, 5) is 10.4. The van der Waals surface area contributed by atoms with E-state index in [1.165, 1.54) is 0 Å². The number of rotatable bonds is 10. The molecule has 0 radical (unpaired) electrons. The summed E-state index contributed by atoms with van der Waals surface area (Å²) in [5.74, 6) is 0.387. The number of carbonyl (C=O) groups excluding carboxylic acids is 1. The van der Waals surface area contributed by atoms with Gasteiger partial charge in [0.15, 0.2) is 0 Å². The largest absolute Gasteiger partial charge is 0.491 e. The maximum Gasteiger partial charge on any atom is 0.243 e. The smallest absolute Gasteiger partial charge is 0.243 e. The Morgan fingerprint density at radius 2 is 1.72 bits per heavy atom. The van der Waals surface area contributed by atoms with Crippen molar-refractivity contribution in [3.05, 3.63) is 30.3 Å². The number of nitrogens with two attached hydrogens (primary N) is 1. The Bertz CT molecular complexity index is 329. The fraction of sp³-hybridized carbons (Fsp3) is 0.462. The third-order valence-corrected chi connectivity index (χ3v) is 2.06. The molecule has 1 rings (SSSR count). The van der Waals surface area contributed by atoms with Crippen LogP contribution < -0.4 is 10.5 Å². The highest BCUT2D eigenvalue weighted by Crippen LogP contribution is 2.07. The van der Waals surface area contributed by atoms with Gasteiger partial charge in [-0.3, -0.25) is 4.79 Å². The van der Waals surface area contributed by atoms with Crippen LogP contribution in [0, 0.1) is 0 Å². The standard InChI is InChI=1S/C13H19NO4/c14-13(15)11-17-8-4-7-16-9-10-18-12-5-2-1-3-6-12/h1-3,5-6H,4,7-11H2,(H2,14,15). The molecule has 0 bridgehead atoms. The van der Waals surface area contributed by atoms with Crippen molar-refractivity contribution < 1.29 is 19.0 Å². The molecule has 1 amide bonds. The summed E-state index contributed by atoms with van der Waals surface area (Å²) in [7, 11) is 0. The van der Waals surface area contributed by atoms with Gasteiger partial charge in [-0.15, -0.1) is 0 Å². The molecular formula is C13H19NO4. The van der Waals surface area contributed by atoms with Crippen molar-refractivity contribution >= 4 is 5.91 Å². The van der Waals surface area contributed by atoms with Crippen LogP contribution in [0.1, 0.15) is 6.42 Å². The summed E-state index contributed by atoms with van der Waals surface area (Å²) in [6.07, 6.45) is 0.735. The number of para-hydroxylation sites is 1. The number of amides is 1. The molecule has 0 aliphatic heterocycles. The van der Waals surface area contributed by atoms with Crippen LogP contribution >= 0.6 is 0 Å². The van der Waals surface area contributed by atoms with Crippen molar-refractivity contribution in [1.29, 1.82) is 0 Å². The van der Waals surface area contributed by atoms with E-state index in [4.69, 9.17) is 19.9 Å².